The lowest BCUT2D eigenvalue weighted by Gasteiger charge is -2.44. The van der Waals surface area contributed by atoms with E-state index in [1.165, 1.54) is 25.8 Å². The van der Waals surface area contributed by atoms with E-state index in [2.05, 4.69) is 15.1 Å². The fraction of sp³-hybridized carbons (Fsp3) is 0.917. The standard InChI is InChI=1S/C12H21N3OS.2ClH/c16-12(11-8-17-9-13-11)15-6-5-14-4-2-1-3-10(14)7-15;;/h10-11,13H,1-9H2;2*1H. The molecule has 112 valence electrons. The maximum absolute atomic E-state index is 12.3. The first-order valence-corrected chi connectivity index (χ1v) is 7.84. The van der Waals surface area contributed by atoms with Crippen LogP contribution in [-0.4, -0.2) is 65.6 Å². The lowest BCUT2D eigenvalue weighted by Crippen LogP contribution is -2.58. The van der Waals surface area contributed by atoms with E-state index >= 15 is 0 Å². The van der Waals surface area contributed by atoms with Crippen LogP contribution in [0.25, 0.3) is 0 Å². The van der Waals surface area contributed by atoms with Crippen LogP contribution in [-0.2, 0) is 4.79 Å². The summed E-state index contributed by atoms with van der Waals surface area (Å²) in [5.41, 5.74) is 0. The second kappa shape index (κ2) is 7.93. The van der Waals surface area contributed by atoms with E-state index in [0.717, 1.165) is 31.3 Å². The molecule has 3 rings (SSSR count). The van der Waals surface area contributed by atoms with Crippen LogP contribution < -0.4 is 5.32 Å². The van der Waals surface area contributed by atoms with Crippen LogP contribution in [0.3, 0.4) is 0 Å². The molecule has 0 spiro atoms. The van der Waals surface area contributed by atoms with Gasteiger partial charge in [-0.05, 0) is 19.4 Å². The zero-order chi connectivity index (χ0) is 11.7. The van der Waals surface area contributed by atoms with Crippen LogP contribution in [0, 0.1) is 0 Å². The molecule has 0 aromatic rings. The van der Waals surface area contributed by atoms with Crippen LogP contribution in [0.2, 0.25) is 0 Å². The number of nitrogens with one attached hydrogen (secondary N) is 1. The summed E-state index contributed by atoms with van der Waals surface area (Å²) in [6, 6.07) is 0.714. The molecule has 1 amide bonds. The largest absolute Gasteiger partial charge is 0.338 e. The van der Waals surface area contributed by atoms with E-state index in [-0.39, 0.29) is 30.9 Å². The molecular formula is C12H23Cl2N3OS. The predicted octanol–water partition coefficient (Wildman–Crippen LogP) is 1.19. The zero-order valence-corrected chi connectivity index (χ0v) is 13.5. The van der Waals surface area contributed by atoms with E-state index in [4.69, 9.17) is 0 Å². The summed E-state index contributed by atoms with van der Waals surface area (Å²) in [5, 5.41) is 3.28. The number of carbonyl (C=O) groups excluding carboxylic acids is 1. The Balaban J connectivity index is 0.000000902. The molecule has 0 aromatic heterocycles. The van der Waals surface area contributed by atoms with E-state index in [1.807, 2.05) is 11.8 Å². The normalized spacial score (nSPS) is 31.1. The molecule has 2 atom stereocenters. The first-order valence-electron chi connectivity index (χ1n) is 6.68. The second-order valence-corrected chi connectivity index (χ2v) is 6.27. The maximum Gasteiger partial charge on any atom is 0.240 e. The summed E-state index contributed by atoms with van der Waals surface area (Å²) in [5.74, 6) is 2.21. The lowest BCUT2D eigenvalue weighted by atomic mass is 9.99. The van der Waals surface area contributed by atoms with Crippen LogP contribution in [0.15, 0.2) is 0 Å². The molecule has 7 heteroatoms. The van der Waals surface area contributed by atoms with Gasteiger partial charge >= 0.3 is 0 Å². The van der Waals surface area contributed by atoms with Gasteiger partial charge in [0.2, 0.25) is 5.91 Å². The summed E-state index contributed by atoms with van der Waals surface area (Å²) in [6.07, 6.45) is 3.95. The summed E-state index contributed by atoms with van der Waals surface area (Å²) in [4.78, 5) is 17.0. The Morgan fingerprint density at radius 3 is 2.74 bits per heavy atom. The Bertz CT molecular complexity index is 303. The molecule has 3 aliphatic heterocycles. The lowest BCUT2D eigenvalue weighted by molar-refractivity contribution is -0.136. The highest BCUT2D eigenvalue weighted by Gasteiger charge is 2.34. The third kappa shape index (κ3) is 3.91. The number of rotatable bonds is 1. The number of carbonyl (C=O) groups is 1. The van der Waals surface area contributed by atoms with Gasteiger partial charge in [0, 0.05) is 37.3 Å². The highest BCUT2D eigenvalue weighted by molar-refractivity contribution is 7.99. The van der Waals surface area contributed by atoms with Crippen LogP contribution in [0.5, 0.6) is 0 Å². The van der Waals surface area contributed by atoms with Crippen molar-refractivity contribution in [2.45, 2.75) is 31.3 Å². The first kappa shape index (κ1) is 17.4. The highest BCUT2D eigenvalue weighted by atomic mass is 35.5. The Hall–Kier alpha value is 0.320. The number of hydrogen-bond acceptors (Lipinski definition) is 4. The number of halogens is 2. The number of amides is 1. The fourth-order valence-electron chi connectivity index (χ4n) is 3.13. The van der Waals surface area contributed by atoms with Gasteiger partial charge in [-0.15, -0.1) is 36.6 Å². The minimum Gasteiger partial charge on any atom is -0.338 e. The number of fused-ring (bicyclic) bond motifs is 1. The van der Waals surface area contributed by atoms with Crippen molar-refractivity contribution in [3.05, 3.63) is 0 Å². The summed E-state index contributed by atoms with van der Waals surface area (Å²) >= 11 is 1.83. The van der Waals surface area contributed by atoms with Crippen molar-refractivity contribution in [2.75, 3.05) is 37.8 Å². The predicted molar refractivity (Wildman–Crippen MR) is 84.5 cm³/mol. The van der Waals surface area contributed by atoms with Gasteiger partial charge in [0.15, 0.2) is 0 Å². The van der Waals surface area contributed by atoms with Crippen molar-refractivity contribution in [3.8, 4) is 0 Å². The van der Waals surface area contributed by atoms with E-state index in [1.54, 1.807) is 0 Å². The van der Waals surface area contributed by atoms with Crippen LogP contribution >= 0.6 is 36.6 Å². The van der Waals surface area contributed by atoms with Crippen molar-refractivity contribution < 1.29 is 4.79 Å². The van der Waals surface area contributed by atoms with Gasteiger partial charge in [0.25, 0.3) is 0 Å². The third-order valence-electron chi connectivity index (χ3n) is 4.16. The second-order valence-electron chi connectivity index (χ2n) is 5.24. The number of piperidine rings is 1. The Kier molecular flexibility index (Phi) is 7.25. The van der Waals surface area contributed by atoms with Crippen LogP contribution in [0.4, 0.5) is 0 Å². The Morgan fingerprint density at radius 1 is 1.16 bits per heavy atom. The third-order valence-corrected chi connectivity index (χ3v) is 5.10. The Morgan fingerprint density at radius 2 is 2.00 bits per heavy atom. The van der Waals surface area contributed by atoms with Gasteiger partial charge in [-0.2, -0.15) is 0 Å². The monoisotopic (exact) mass is 327 g/mol. The van der Waals surface area contributed by atoms with Gasteiger partial charge in [-0.1, -0.05) is 6.42 Å². The topological polar surface area (TPSA) is 35.6 Å². The number of nitrogens with zero attached hydrogens (tertiary/aromatic N) is 2. The molecule has 2 unspecified atom stereocenters. The minimum atomic E-state index is 0. The molecule has 3 aliphatic rings. The first-order chi connectivity index (χ1) is 8.34. The molecule has 0 aromatic carbocycles. The van der Waals surface area contributed by atoms with Crippen molar-refractivity contribution in [3.63, 3.8) is 0 Å². The number of piperazine rings is 1. The maximum atomic E-state index is 12.3. The molecule has 3 heterocycles. The molecule has 0 bridgehead atoms. The minimum absolute atomic E-state index is 0. The zero-order valence-electron chi connectivity index (χ0n) is 11.0. The smallest absolute Gasteiger partial charge is 0.240 e. The number of hydrogen-bond donors (Lipinski definition) is 1. The van der Waals surface area contributed by atoms with Gasteiger partial charge in [0.05, 0.1) is 6.04 Å². The molecule has 0 saturated carbocycles. The highest BCUT2D eigenvalue weighted by Crippen LogP contribution is 2.22. The number of thioether (sulfide) groups is 1. The van der Waals surface area contributed by atoms with Crippen molar-refractivity contribution in [1.82, 2.24) is 15.1 Å². The SMILES string of the molecule is Cl.Cl.O=C(C1CSCN1)N1CCN2CCCCC2C1. The van der Waals surface area contributed by atoms with Crippen molar-refractivity contribution >= 4 is 42.5 Å². The molecule has 3 saturated heterocycles. The quantitative estimate of drug-likeness (QED) is 0.784. The van der Waals surface area contributed by atoms with E-state index in [9.17, 15) is 4.79 Å². The Labute approximate surface area is 131 Å². The molecule has 3 fully saturated rings. The summed E-state index contributed by atoms with van der Waals surface area (Å²) < 4.78 is 0. The summed E-state index contributed by atoms with van der Waals surface area (Å²) in [6.45, 7) is 4.21. The van der Waals surface area contributed by atoms with Crippen molar-refractivity contribution in [1.29, 1.82) is 0 Å². The molecule has 4 nitrogen and oxygen atoms in total. The summed E-state index contributed by atoms with van der Waals surface area (Å²) in [7, 11) is 0. The van der Waals surface area contributed by atoms with Gasteiger partial charge in [-0.25, -0.2) is 0 Å². The molecule has 0 radical (unpaired) electrons. The average molecular weight is 328 g/mol. The molecule has 0 aliphatic carbocycles. The van der Waals surface area contributed by atoms with Gasteiger partial charge in [0.1, 0.15) is 0 Å². The van der Waals surface area contributed by atoms with Crippen molar-refractivity contribution in [2.24, 2.45) is 0 Å². The molecule has 1 N–H and O–H groups in total. The molecule has 19 heavy (non-hydrogen) atoms. The molecular weight excluding hydrogens is 305 g/mol. The fourth-order valence-corrected chi connectivity index (χ4v) is 4.06. The average Bonchev–Trinajstić information content (AvgIpc) is 2.91. The van der Waals surface area contributed by atoms with E-state index in [0.29, 0.717) is 11.9 Å². The van der Waals surface area contributed by atoms with E-state index < -0.39 is 0 Å². The van der Waals surface area contributed by atoms with Crippen LogP contribution in [0.1, 0.15) is 19.3 Å². The van der Waals surface area contributed by atoms with Gasteiger partial charge < -0.3 is 4.90 Å². The van der Waals surface area contributed by atoms with Gasteiger partial charge in [-0.3, -0.25) is 15.0 Å².